The summed E-state index contributed by atoms with van der Waals surface area (Å²) >= 11 is 6.24. The Bertz CT molecular complexity index is 1320. The molecule has 3 aromatic rings. The summed E-state index contributed by atoms with van der Waals surface area (Å²) in [5.41, 5.74) is 0.164. The normalized spacial score (nSPS) is 17.2. The molecule has 34 heavy (non-hydrogen) atoms. The number of hydrogen-bond donors (Lipinski definition) is 2. The van der Waals surface area contributed by atoms with E-state index in [2.05, 4.69) is 0 Å². The number of hydrogen-bond acceptors (Lipinski definition) is 6. The van der Waals surface area contributed by atoms with E-state index < -0.39 is 29.3 Å². The molecular formula is C25H19ClFNO6. The third-order valence-electron chi connectivity index (χ3n) is 5.50. The Balaban J connectivity index is 2.00. The van der Waals surface area contributed by atoms with E-state index in [-0.39, 0.29) is 39.1 Å². The van der Waals surface area contributed by atoms with E-state index in [0.29, 0.717) is 5.56 Å². The Hall–Kier alpha value is -4.04. The van der Waals surface area contributed by atoms with Crippen LogP contribution < -0.4 is 14.4 Å². The number of ether oxygens (including phenoxy) is 2. The zero-order valence-electron chi connectivity index (χ0n) is 18.1. The van der Waals surface area contributed by atoms with E-state index in [1.165, 1.54) is 62.8 Å². The Kier molecular flexibility index (Phi) is 6.17. The number of carbonyl (C=O) groups excluding carboxylic acids is 2. The fourth-order valence-corrected chi connectivity index (χ4v) is 4.14. The first kappa shape index (κ1) is 23.1. The molecule has 0 aromatic heterocycles. The van der Waals surface area contributed by atoms with Crippen LogP contribution in [0.25, 0.3) is 5.76 Å². The van der Waals surface area contributed by atoms with E-state index in [1.54, 1.807) is 12.1 Å². The number of anilines is 1. The molecule has 3 aromatic carbocycles. The average molecular weight is 484 g/mol. The van der Waals surface area contributed by atoms with Crippen LogP contribution >= 0.6 is 11.6 Å². The van der Waals surface area contributed by atoms with Crippen LogP contribution in [0.4, 0.5) is 10.1 Å². The van der Waals surface area contributed by atoms with Crippen molar-refractivity contribution in [3.05, 3.63) is 88.2 Å². The molecule has 9 heteroatoms. The molecule has 0 saturated carbocycles. The van der Waals surface area contributed by atoms with Crippen LogP contribution in [-0.2, 0) is 9.59 Å². The second-order valence-corrected chi connectivity index (χ2v) is 7.80. The summed E-state index contributed by atoms with van der Waals surface area (Å²) in [6.07, 6.45) is 0. The van der Waals surface area contributed by atoms with Crippen LogP contribution in [0.3, 0.4) is 0 Å². The van der Waals surface area contributed by atoms with Gasteiger partial charge in [-0.15, -0.1) is 0 Å². The van der Waals surface area contributed by atoms with Crippen molar-refractivity contribution in [1.82, 2.24) is 0 Å². The third-order valence-corrected chi connectivity index (χ3v) is 5.80. The number of para-hydroxylation sites is 2. The Labute approximate surface area is 199 Å². The van der Waals surface area contributed by atoms with Gasteiger partial charge in [0.05, 0.1) is 42.1 Å². The molecule has 1 atom stereocenters. The molecule has 2 N–H and O–H groups in total. The maximum Gasteiger partial charge on any atom is 0.300 e. The lowest BCUT2D eigenvalue weighted by atomic mass is 9.94. The molecule has 1 amide bonds. The van der Waals surface area contributed by atoms with Crippen molar-refractivity contribution in [3.8, 4) is 17.2 Å². The SMILES string of the molecule is COc1cc(OC)c(/C(O)=C2\C(=O)C(=O)N(c3ccccc3O)C2c2ccc(F)cc2)cc1Cl. The summed E-state index contributed by atoms with van der Waals surface area (Å²) in [5, 5.41) is 21.8. The minimum Gasteiger partial charge on any atom is -0.507 e. The van der Waals surface area contributed by atoms with Crippen molar-refractivity contribution in [1.29, 1.82) is 0 Å². The van der Waals surface area contributed by atoms with Gasteiger partial charge in [0.1, 0.15) is 28.8 Å². The number of aromatic hydroxyl groups is 1. The molecular weight excluding hydrogens is 465 g/mol. The van der Waals surface area contributed by atoms with Crippen molar-refractivity contribution in [2.24, 2.45) is 0 Å². The Morgan fingerprint density at radius 2 is 1.65 bits per heavy atom. The monoisotopic (exact) mass is 483 g/mol. The van der Waals surface area contributed by atoms with Crippen molar-refractivity contribution < 1.29 is 33.7 Å². The molecule has 0 bridgehead atoms. The molecule has 1 unspecified atom stereocenters. The highest BCUT2D eigenvalue weighted by molar-refractivity contribution is 6.52. The van der Waals surface area contributed by atoms with Crippen molar-refractivity contribution in [3.63, 3.8) is 0 Å². The van der Waals surface area contributed by atoms with Gasteiger partial charge in [-0.25, -0.2) is 4.39 Å². The predicted molar refractivity (Wildman–Crippen MR) is 124 cm³/mol. The quantitative estimate of drug-likeness (QED) is 0.306. The predicted octanol–water partition coefficient (Wildman–Crippen LogP) is 4.83. The number of amides is 1. The number of phenolic OH excluding ortho intramolecular Hbond substituents is 1. The molecule has 0 spiro atoms. The van der Waals surface area contributed by atoms with Gasteiger partial charge in [-0.1, -0.05) is 35.9 Å². The van der Waals surface area contributed by atoms with E-state index >= 15 is 0 Å². The van der Waals surface area contributed by atoms with Gasteiger partial charge in [-0.3, -0.25) is 14.5 Å². The summed E-state index contributed by atoms with van der Waals surface area (Å²) in [4.78, 5) is 27.4. The summed E-state index contributed by atoms with van der Waals surface area (Å²) in [7, 11) is 2.77. The molecule has 7 nitrogen and oxygen atoms in total. The molecule has 1 saturated heterocycles. The van der Waals surface area contributed by atoms with Crippen LogP contribution in [0.2, 0.25) is 5.02 Å². The number of ketones is 1. The maximum absolute atomic E-state index is 13.7. The second-order valence-electron chi connectivity index (χ2n) is 7.40. The number of benzene rings is 3. The fraction of sp³-hybridized carbons (Fsp3) is 0.120. The summed E-state index contributed by atoms with van der Waals surface area (Å²) < 4.78 is 24.2. The maximum atomic E-state index is 13.7. The van der Waals surface area contributed by atoms with E-state index in [1.807, 2.05) is 0 Å². The van der Waals surface area contributed by atoms with Gasteiger partial charge in [0.15, 0.2) is 0 Å². The van der Waals surface area contributed by atoms with E-state index in [0.717, 1.165) is 4.90 Å². The van der Waals surface area contributed by atoms with Crippen LogP contribution in [0.1, 0.15) is 17.2 Å². The van der Waals surface area contributed by atoms with Gasteiger partial charge in [0, 0.05) is 6.07 Å². The summed E-state index contributed by atoms with van der Waals surface area (Å²) in [5.74, 6) is -2.87. The van der Waals surface area contributed by atoms with Crippen molar-refractivity contribution in [2.75, 3.05) is 19.1 Å². The van der Waals surface area contributed by atoms with Crippen LogP contribution in [0.5, 0.6) is 17.2 Å². The van der Waals surface area contributed by atoms with Crippen molar-refractivity contribution >= 4 is 34.7 Å². The number of carbonyl (C=O) groups is 2. The number of aliphatic hydroxyl groups is 1. The second kappa shape index (κ2) is 9.07. The zero-order valence-corrected chi connectivity index (χ0v) is 18.8. The smallest absolute Gasteiger partial charge is 0.300 e. The fourth-order valence-electron chi connectivity index (χ4n) is 3.90. The highest BCUT2D eigenvalue weighted by Crippen LogP contribution is 2.46. The molecule has 1 aliphatic rings. The lowest BCUT2D eigenvalue weighted by molar-refractivity contribution is -0.132. The molecule has 0 radical (unpaired) electrons. The standard InChI is InChI=1S/C25H19ClFNO6/c1-33-19-12-20(34-2)16(26)11-15(19)23(30)21-22(13-7-9-14(27)10-8-13)28(25(32)24(21)31)17-5-3-4-6-18(17)29/h3-12,22,29-30H,1-2H3/b23-21+. The minimum atomic E-state index is -1.17. The van der Waals surface area contributed by atoms with Gasteiger partial charge < -0.3 is 19.7 Å². The van der Waals surface area contributed by atoms with Crippen LogP contribution in [0.15, 0.2) is 66.2 Å². The Morgan fingerprint density at radius 3 is 2.26 bits per heavy atom. The molecule has 4 rings (SSSR count). The van der Waals surface area contributed by atoms with Crippen LogP contribution in [-0.4, -0.2) is 36.1 Å². The number of Topliss-reactive ketones (excluding diaryl/α,β-unsaturated/α-hetero) is 1. The lowest BCUT2D eigenvalue weighted by Gasteiger charge is -2.26. The highest BCUT2D eigenvalue weighted by Gasteiger charge is 2.48. The van der Waals surface area contributed by atoms with Gasteiger partial charge in [-0.2, -0.15) is 0 Å². The highest BCUT2D eigenvalue weighted by atomic mass is 35.5. The molecule has 174 valence electrons. The molecule has 1 heterocycles. The van der Waals surface area contributed by atoms with E-state index in [4.69, 9.17) is 21.1 Å². The molecule has 0 aliphatic carbocycles. The first-order valence-electron chi connectivity index (χ1n) is 10.0. The largest absolute Gasteiger partial charge is 0.507 e. The number of nitrogens with zero attached hydrogens (tertiary/aromatic N) is 1. The lowest BCUT2D eigenvalue weighted by Crippen LogP contribution is -2.29. The summed E-state index contributed by atoms with van der Waals surface area (Å²) in [6.45, 7) is 0. The van der Waals surface area contributed by atoms with Gasteiger partial charge in [0.25, 0.3) is 11.7 Å². The third kappa shape index (κ3) is 3.82. The minimum absolute atomic E-state index is 0.0516. The number of halogens is 2. The summed E-state index contributed by atoms with van der Waals surface area (Å²) in [6, 6.07) is 12.7. The topological polar surface area (TPSA) is 96.3 Å². The first-order valence-corrected chi connectivity index (χ1v) is 10.4. The Morgan fingerprint density at radius 1 is 1.00 bits per heavy atom. The molecule has 1 fully saturated rings. The average Bonchev–Trinajstić information content (AvgIpc) is 3.09. The zero-order chi connectivity index (χ0) is 24.6. The van der Waals surface area contributed by atoms with Crippen LogP contribution in [0, 0.1) is 5.82 Å². The molecule has 1 aliphatic heterocycles. The number of phenols is 1. The number of methoxy groups -OCH3 is 2. The van der Waals surface area contributed by atoms with Gasteiger partial charge >= 0.3 is 0 Å². The first-order chi connectivity index (χ1) is 16.3. The van der Waals surface area contributed by atoms with Gasteiger partial charge in [-0.05, 0) is 35.9 Å². The van der Waals surface area contributed by atoms with E-state index in [9.17, 15) is 24.2 Å². The van der Waals surface area contributed by atoms with Gasteiger partial charge in [0.2, 0.25) is 0 Å². The van der Waals surface area contributed by atoms with Crippen molar-refractivity contribution in [2.45, 2.75) is 6.04 Å². The number of rotatable bonds is 5. The number of aliphatic hydroxyl groups excluding tert-OH is 1.